The van der Waals surface area contributed by atoms with E-state index in [9.17, 15) is 15.3 Å². The molecule has 0 aromatic heterocycles. The van der Waals surface area contributed by atoms with Gasteiger partial charge in [-0.05, 0) is 47.7 Å². The van der Waals surface area contributed by atoms with Gasteiger partial charge in [-0.15, -0.1) is 0 Å². The van der Waals surface area contributed by atoms with E-state index >= 15 is 0 Å². The molecule has 2 aromatic rings. The Morgan fingerprint density at radius 3 is 2.75 bits per heavy atom. The van der Waals surface area contributed by atoms with Crippen molar-refractivity contribution in [3.63, 3.8) is 0 Å². The van der Waals surface area contributed by atoms with Gasteiger partial charge < -0.3 is 20.1 Å². The summed E-state index contributed by atoms with van der Waals surface area (Å²) < 4.78 is 5.40. The lowest BCUT2D eigenvalue weighted by Crippen LogP contribution is -2.39. The fraction of sp³-hybridized carbons (Fsp3) is 0.368. The highest BCUT2D eigenvalue weighted by Crippen LogP contribution is 2.44. The molecule has 5 nitrogen and oxygen atoms in total. The van der Waals surface area contributed by atoms with Crippen LogP contribution in [0.25, 0.3) is 0 Å². The van der Waals surface area contributed by atoms with Crippen molar-refractivity contribution < 1.29 is 20.1 Å². The second-order valence-corrected chi connectivity index (χ2v) is 6.53. The zero-order chi connectivity index (χ0) is 16.8. The molecular formula is C19H21NO4. The van der Waals surface area contributed by atoms with Crippen LogP contribution in [0.15, 0.2) is 24.3 Å². The van der Waals surface area contributed by atoms with Gasteiger partial charge in [0.1, 0.15) is 5.75 Å². The maximum Gasteiger partial charge on any atom is 0.165 e. The van der Waals surface area contributed by atoms with E-state index in [4.69, 9.17) is 4.74 Å². The smallest absolute Gasteiger partial charge is 0.165 e. The molecule has 2 aliphatic heterocycles. The number of aromatic hydroxyl groups is 2. The fourth-order valence-electron chi connectivity index (χ4n) is 4.06. The normalized spacial score (nSPS) is 19.3. The lowest BCUT2D eigenvalue weighted by Gasteiger charge is -2.42. The first-order valence-electron chi connectivity index (χ1n) is 8.19. The van der Waals surface area contributed by atoms with Crippen molar-refractivity contribution in [3.05, 3.63) is 52.1 Å². The van der Waals surface area contributed by atoms with Gasteiger partial charge in [-0.3, -0.25) is 4.90 Å². The molecule has 0 unspecified atom stereocenters. The quantitative estimate of drug-likeness (QED) is 0.789. The molecule has 0 aliphatic carbocycles. The first-order chi connectivity index (χ1) is 11.6. The standard InChI is InChI=1S/C19H21NO4/c1-24-19-15-9-20-5-4-12-6-13(10-21)18(23)8-14(12)16(20)7-11(15)2-3-17(19)22/h2-3,6,8,16,21-23H,4-5,7,9-10H2,1H3/t16-/m1/s1. The van der Waals surface area contributed by atoms with Crippen LogP contribution >= 0.6 is 0 Å². The highest BCUT2D eigenvalue weighted by molar-refractivity contribution is 5.53. The second-order valence-electron chi connectivity index (χ2n) is 6.53. The number of nitrogens with zero attached hydrogens (tertiary/aromatic N) is 1. The Balaban J connectivity index is 1.77. The number of hydrogen-bond acceptors (Lipinski definition) is 5. The Kier molecular flexibility index (Phi) is 3.62. The minimum Gasteiger partial charge on any atom is -0.508 e. The van der Waals surface area contributed by atoms with Crippen molar-refractivity contribution in [1.29, 1.82) is 0 Å². The van der Waals surface area contributed by atoms with Gasteiger partial charge in [0.25, 0.3) is 0 Å². The van der Waals surface area contributed by atoms with E-state index in [0.29, 0.717) is 11.3 Å². The lowest BCUT2D eigenvalue weighted by molar-refractivity contribution is 0.157. The summed E-state index contributed by atoms with van der Waals surface area (Å²) >= 11 is 0. The molecule has 126 valence electrons. The van der Waals surface area contributed by atoms with Crippen LogP contribution in [0.1, 0.15) is 33.9 Å². The summed E-state index contributed by atoms with van der Waals surface area (Å²) in [5.41, 5.74) is 5.14. The number of phenolic OH excluding ortho intramolecular Hbond substituents is 1. The van der Waals surface area contributed by atoms with E-state index in [1.54, 1.807) is 19.2 Å². The molecule has 3 N–H and O–H groups in total. The Labute approximate surface area is 140 Å². The van der Waals surface area contributed by atoms with E-state index < -0.39 is 0 Å². The van der Waals surface area contributed by atoms with Crippen molar-refractivity contribution in [2.45, 2.75) is 32.0 Å². The van der Waals surface area contributed by atoms with Gasteiger partial charge in [-0.1, -0.05) is 6.07 Å². The maximum atomic E-state index is 10.1. The van der Waals surface area contributed by atoms with Gasteiger partial charge in [0.2, 0.25) is 0 Å². The number of aliphatic hydroxyl groups excluding tert-OH is 1. The average Bonchev–Trinajstić information content (AvgIpc) is 2.59. The van der Waals surface area contributed by atoms with Gasteiger partial charge in [0.15, 0.2) is 11.5 Å². The number of rotatable bonds is 2. The summed E-state index contributed by atoms with van der Waals surface area (Å²) in [5, 5.41) is 29.5. The van der Waals surface area contributed by atoms with Crippen molar-refractivity contribution >= 4 is 0 Å². The molecule has 4 rings (SSSR count). The molecule has 0 radical (unpaired) electrons. The third-order valence-corrected chi connectivity index (χ3v) is 5.29. The maximum absolute atomic E-state index is 10.1. The molecule has 0 amide bonds. The summed E-state index contributed by atoms with van der Waals surface area (Å²) in [6, 6.07) is 7.58. The zero-order valence-electron chi connectivity index (χ0n) is 13.6. The molecule has 0 saturated heterocycles. The molecule has 24 heavy (non-hydrogen) atoms. The van der Waals surface area contributed by atoms with Crippen molar-refractivity contribution in [3.8, 4) is 17.2 Å². The number of phenols is 2. The minimum absolute atomic E-state index is 0.146. The van der Waals surface area contributed by atoms with Crippen LogP contribution in [-0.2, 0) is 26.0 Å². The minimum atomic E-state index is -0.146. The van der Waals surface area contributed by atoms with Gasteiger partial charge in [0, 0.05) is 30.3 Å². The van der Waals surface area contributed by atoms with Crippen molar-refractivity contribution in [1.82, 2.24) is 4.90 Å². The first kappa shape index (κ1) is 15.3. The number of methoxy groups -OCH3 is 1. The molecule has 2 aromatic carbocycles. The molecule has 0 saturated carbocycles. The molecular weight excluding hydrogens is 306 g/mol. The van der Waals surface area contributed by atoms with Gasteiger partial charge in [-0.2, -0.15) is 0 Å². The van der Waals surface area contributed by atoms with E-state index in [1.807, 2.05) is 12.1 Å². The van der Waals surface area contributed by atoms with Crippen LogP contribution in [0.2, 0.25) is 0 Å². The summed E-state index contributed by atoms with van der Waals surface area (Å²) in [6.45, 7) is 1.48. The summed E-state index contributed by atoms with van der Waals surface area (Å²) in [6.07, 6.45) is 1.70. The number of aliphatic hydroxyl groups is 1. The highest BCUT2D eigenvalue weighted by atomic mass is 16.5. The van der Waals surface area contributed by atoms with Crippen LogP contribution < -0.4 is 4.74 Å². The van der Waals surface area contributed by atoms with E-state index in [1.165, 1.54) is 11.1 Å². The van der Waals surface area contributed by atoms with Gasteiger partial charge in [-0.25, -0.2) is 0 Å². The third-order valence-electron chi connectivity index (χ3n) is 5.29. The Bertz CT molecular complexity index is 802. The SMILES string of the molecule is COc1c(O)ccc2c1CN1CCc3cc(CO)c(O)cc3[C@H]1C2. The first-order valence-corrected chi connectivity index (χ1v) is 8.19. The summed E-state index contributed by atoms with van der Waals surface area (Å²) in [7, 11) is 1.58. The fourth-order valence-corrected chi connectivity index (χ4v) is 4.06. The molecule has 0 bridgehead atoms. The molecule has 2 heterocycles. The van der Waals surface area contributed by atoms with Crippen LogP contribution in [0.4, 0.5) is 0 Å². The molecule has 0 spiro atoms. The monoisotopic (exact) mass is 327 g/mol. The number of benzene rings is 2. The highest BCUT2D eigenvalue weighted by Gasteiger charge is 2.34. The summed E-state index contributed by atoms with van der Waals surface area (Å²) in [5.74, 6) is 0.903. The predicted octanol–water partition coefficient (Wildman–Crippen LogP) is 2.25. The van der Waals surface area contributed by atoms with E-state index in [-0.39, 0.29) is 24.1 Å². The molecule has 5 heteroatoms. The number of ether oxygens (including phenoxy) is 1. The Hall–Kier alpha value is -2.24. The third kappa shape index (κ3) is 2.24. The van der Waals surface area contributed by atoms with Gasteiger partial charge >= 0.3 is 0 Å². The second kappa shape index (κ2) is 5.69. The van der Waals surface area contributed by atoms with Crippen LogP contribution in [-0.4, -0.2) is 33.9 Å². The Morgan fingerprint density at radius 1 is 1.17 bits per heavy atom. The predicted molar refractivity (Wildman–Crippen MR) is 89.2 cm³/mol. The van der Waals surface area contributed by atoms with Crippen molar-refractivity contribution in [2.24, 2.45) is 0 Å². The van der Waals surface area contributed by atoms with Crippen LogP contribution in [0.3, 0.4) is 0 Å². The molecule has 0 fully saturated rings. The van der Waals surface area contributed by atoms with E-state index in [2.05, 4.69) is 4.90 Å². The number of hydrogen-bond donors (Lipinski definition) is 3. The molecule has 1 atom stereocenters. The average molecular weight is 327 g/mol. The number of fused-ring (bicyclic) bond motifs is 4. The van der Waals surface area contributed by atoms with Gasteiger partial charge in [0.05, 0.1) is 13.7 Å². The van der Waals surface area contributed by atoms with E-state index in [0.717, 1.165) is 37.1 Å². The lowest BCUT2D eigenvalue weighted by atomic mass is 9.83. The summed E-state index contributed by atoms with van der Waals surface area (Å²) in [4.78, 5) is 2.37. The zero-order valence-corrected chi connectivity index (χ0v) is 13.6. The van der Waals surface area contributed by atoms with Crippen LogP contribution in [0, 0.1) is 0 Å². The topological polar surface area (TPSA) is 73.2 Å². The Morgan fingerprint density at radius 2 is 2.00 bits per heavy atom. The molecule has 2 aliphatic rings. The van der Waals surface area contributed by atoms with Crippen LogP contribution in [0.5, 0.6) is 17.2 Å². The largest absolute Gasteiger partial charge is 0.508 e. The van der Waals surface area contributed by atoms with Crippen molar-refractivity contribution in [2.75, 3.05) is 13.7 Å².